The first-order valence-electron chi connectivity index (χ1n) is 13.8. The van der Waals surface area contributed by atoms with Gasteiger partial charge in [-0.1, -0.05) is 44.7 Å². The molecule has 0 radical (unpaired) electrons. The zero-order valence-corrected chi connectivity index (χ0v) is 23.7. The van der Waals surface area contributed by atoms with Gasteiger partial charge in [0.15, 0.2) is 11.0 Å². The molecule has 5 atom stereocenters. The topological polar surface area (TPSA) is 107 Å². The molecule has 3 aliphatic carbocycles. The minimum absolute atomic E-state index is 0.0811. The molecule has 1 amide bonds. The fourth-order valence-electron chi connectivity index (χ4n) is 6.97. The molecule has 1 N–H and O–H groups in total. The van der Waals surface area contributed by atoms with E-state index in [4.69, 9.17) is 10.3 Å². The maximum atomic E-state index is 14.2. The normalized spacial score (nSPS) is 28.9. The predicted molar refractivity (Wildman–Crippen MR) is 152 cm³/mol. The maximum Gasteiger partial charge on any atom is 0.257 e. The molecule has 5 unspecified atom stereocenters. The van der Waals surface area contributed by atoms with Crippen LogP contribution in [0.5, 0.6) is 0 Å². The van der Waals surface area contributed by atoms with Gasteiger partial charge in [0.2, 0.25) is 0 Å². The van der Waals surface area contributed by atoms with Crippen molar-refractivity contribution in [2.75, 3.05) is 18.9 Å². The summed E-state index contributed by atoms with van der Waals surface area (Å²) >= 11 is 1.30. The van der Waals surface area contributed by atoms with Crippen LogP contribution in [0, 0.1) is 40.4 Å². The van der Waals surface area contributed by atoms with Crippen molar-refractivity contribution in [3.05, 3.63) is 65.5 Å². The highest BCUT2D eigenvalue weighted by Crippen LogP contribution is 2.63. The summed E-state index contributed by atoms with van der Waals surface area (Å²) in [5.41, 5.74) is 1.22. The zero-order chi connectivity index (χ0) is 27.8. The standard InChI is InChI=1S/C31H36N4O3S/c1-20-24(14-25-15-26(20)30(25,2)3)18-35-28(38)31(10-13-36,16-21-8-11-33-12-9-21)34-29(35)39-19-27(37)23-6-4-22(17-32)5-7-23/h4-9,11-12,20,24-26,36H,10,13-16,18-19H2,1-3H3. The summed E-state index contributed by atoms with van der Waals surface area (Å²) in [6, 6.07) is 12.4. The molecule has 3 saturated carbocycles. The molecule has 8 heteroatoms. The molecule has 2 heterocycles. The van der Waals surface area contributed by atoms with Gasteiger partial charge in [-0.3, -0.25) is 19.5 Å². The van der Waals surface area contributed by atoms with Crippen LogP contribution in [0.2, 0.25) is 0 Å². The Morgan fingerprint density at radius 2 is 1.90 bits per heavy atom. The molecular weight excluding hydrogens is 508 g/mol. The molecule has 204 valence electrons. The van der Waals surface area contributed by atoms with E-state index in [1.54, 1.807) is 36.7 Å². The summed E-state index contributed by atoms with van der Waals surface area (Å²) in [5.74, 6) is 2.16. The summed E-state index contributed by atoms with van der Waals surface area (Å²) in [6.07, 6.45) is 6.35. The average Bonchev–Trinajstić information content (AvgIpc) is 3.18. The quantitative estimate of drug-likeness (QED) is 0.457. The number of rotatable bonds is 9. The Balaban J connectivity index is 1.40. The molecular formula is C31H36N4O3S. The van der Waals surface area contributed by atoms with Crippen molar-refractivity contribution in [1.82, 2.24) is 9.88 Å². The second-order valence-corrected chi connectivity index (χ2v) is 12.9. The van der Waals surface area contributed by atoms with Crippen LogP contribution in [-0.4, -0.2) is 56.3 Å². The number of amidine groups is 1. The average molecular weight is 545 g/mol. The number of carbonyl (C=O) groups excluding carboxylic acids is 2. The summed E-state index contributed by atoms with van der Waals surface area (Å²) in [7, 11) is 0. The minimum Gasteiger partial charge on any atom is -0.396 e. The molecule has 2 aromatic rings. The largest absolute Gasteiger partial charge is 0.396 e. The van der Waals surface area contributed by atoms with Crippen LogP contribution in [0.15, 0.2) is 53.8 Å². The van der Waals surface area contributed by atoms with E-state index in [1.807, 2.05) is 17.0 Å². The number of nitrogens with zero attached hydrogens (tertiary/aromatic N) is 4. The number of aromatic nitrogens is 1. The highest BCUT2D eigenvalue weighted by Gasteiger charge is 2.57. The number of benzene rings is 1. The van der Waals surface area contributed by atoms with Crippen molar-refractivity contribution in [2.45, 2.75) is 52.0 Å². The smallest absolute Gasteiger partial charge is 0.257 e. The van der Waals surface area contributed by atoms with Crippen molar-refractivity contribution < 1.29 is 14.7 Å². The van der Waals surface area contributed by atoms with Gasteiger partial charge in [0.05, 0.1) is 17.4 Å². The fourth-order valence-corrected chi connectivity index (χ4v) is 7.95. The molecule has 6 rings (SSSR count). The first kappa shape index (κ1) is 27.5. The van der Waals surface area contributed by atoms with Crippen LogP contribution in [-0.2, 0) is 11.2 Å². The number of ketones is 1. The number of thioether (sulfide) groups is 1. The van der Waals surface area contributed by atoms with E-state index in [2.05, 4.69) is 31.8 Å². The van der Waals surface area contributed by atoms with Crippen LogP contribution in [0.1, 0.15) is 61.5 Å². The Hall–Kier alpha value is -3.02. The van der Waals surface area contributed by atoms with Gasteiger partial charge in [-0.2, -0.15) is 5.26 Å². The second kappa shape index (κ2) is 10.9. The summed E-state index contributed by atoms with van der Waals surface area (Å²) in [5, 5.41) is 19.6. The van der Waals surface area contributed by atoms with Crippen LogP contribution >= 0.6 is 11.8 Å². The third-order valence-electron chi connectivity index (χ3n) is 9.55. The van der Waals surface area contributed by atoms with E-state index in [1.165, 1.54) is 18.2 Å². The van der Waals surface area contributed by atoms with E-state index < -0.39 is 5.54 Å². The number of amides is 1. The molecule has 1 aromatic carbocycles. The van der Waals surface area contributed by atoms with E-state index in [-0.39, 0.29) is 30.5 Å². The van der Waals surface area contributed by atoms with E-state index in [9.17, 15) is 14.7 Å². The second-order valence-electron chi connectivity index (χ2n) is 12.0. The number of aliphatic hydroxyl groups excluding tert-OH is 1. The zero-order valence-electron chi connectivity index (χ0n) is 22.8. The van der Waals surface area contributed by atoms with Gasteiger partial charge < -0.3 is 5.11 Å². The monoisotopic (exact) mass is 544 g/mol. The van der Waals surface area contributed by atoms with Crippen molar-refractivity contribution in [1.29, 1.82) is 5.26 Å². The minimum atomic E-state index is -1.10. The first-order chi connectivity index (χ1) is 18.7. The lowest BCUT2D eigenvalue weighted by Gasteiger charge is -2.62. The number of hydrogen-bond donors (Lipinski definition) is 1. The van der Waals surface area contributed by atoms with E-state index in [0.717, 1.165) is 12.0 Å². The summed E-state index contributed by atoms with van der Waals surface area (Å²) in [4.78, 5) is 38.1. The number of aliphatic imine (C=N–C) groups is 1. The number of nitriles is 1. The molecule has 1 aliphatic heterocycles. The van der Waals surface area contributed by atoms with Crippen molar-refractivity contribution in [2.24, 2.45) is 34.1 Å². The number of fused-ring (bicyclic) bond motifs is 2. The molecule has 1 aromatic heterocycles. The number of aliphatic hydroxyl groups is 1. The fraction of sp³-hybridized carbons (Fsp3) is 0.516. The number of hydrogen-bond acceptors (Lipinski definition) is 7. The van der Waals surface area contributed by atoms with Gasteiger partial charge in [0.1, 0.15) is 5.54 Å². The Kier molecular flexibility index (Phi) is 7.67. The van der Waals surface area contributed by atoms with Crippen molar-refractivity contribution in [3.63, 3.8) is 0 Å². The number of Topliss-reactive ketones (excluding diaryl/α,β-unsaturated/α-hetero) is 1. The SMILES string of the molecule is CC1C(CN2C(=O)C(CCO)(Cc3ccncc3)N=C2SCC(=O)c2ccc(C#N)cc2)CC2CC1C2(C)C. The Labute approximate surface area is 234 Å². The Bertz CT molecular complexity index is 1300. The number of carbonyl (C=O) groups is 2. The summed E-state index contributed by atoms with van der Waals surface area (Å²) in [6.45, 7) is 7.50. The van der Waals surface area contributed by atoms with Crippen LogP contribution in [0.4, 0.5) is 0 Å². The maximum absolute atomic E-state index is 14.2. The third kappa shape index (κ3) is 5.15. The van der Waals surface area contributed by atoms with Crippen LogP contribution < -0.4 is 0 Å². The van der Waals surface area contributed by atoms with Crippen molar-refractivity contribution in [3.8, 4) is 6.07 Å². The van der Waals surface area contributed by atoms with Gasteiger partial charge in [-0.05, 0) is 71.8 Å². The van der Waals surface area contributed by atoms with Gasteiger partial charge in [-0.15, -0.1) is 0 Å². The molecule has 0 spiro atoms. The first-order valence-corrected chi connectivity index (χ1v) is 14.7. The van der Waals surface area contributed by atoms with E-state index in [0.29, 0.717) is 58.3 Å². The molecule has 7 nitrogen and oxygen atoms in total. The van der Waals surface area contributed by atoms with Gasteiger partial charge >= 0.3 is 0 Å². The molecule has 0 saturated heterocycles. The third-order valence-corrected chi connectivity index (χ3v) is 10.5. The Morgan fingerprint density at radius 1 is 1.18 bits per heavy atom. The number of pyridine rings is 1. The molecule has 39 heavy (non-hydrogen) atoms. The molecule has 3 fully saturated rings. The van der Waals surface area contributed by atoms with Gasteiger partial charge in [0.25, 0.3) is 5.91 Å². The van der Waals surface area contributed by atoms with Gasteiger partial charge in [-0.25, -0.2) is 4.99 Å². The van der Waals surface area contributed by atoms with Crippen LogP contribution in [0.25, 0.3) is 0 Å². The summed E-state index contributed by atoms with van der Waals surface area (Å²) < 4.78 is 0. The predicted octanol–water partition coefficient (Wildman–Crippen LogP) is 4.75. The lowest BCUT2D eigenvalue weighted by atomic mass is 9.43. The lowest BCUT2D eigenvalue weighted by Crippen LogP contribution is -2.57. The van der Waals surface area contributed by atoms with Gasteiger partial charge in [0, 0.05) is 44.0 Å². The highest BCUT2D eigenvalue weighted by molar-refractivity contribution is 8.14. The Morgan fingerprint density at radius 3 is 2.51 bits per heavy atom. The van der Waals surface area contributed by atoms with Crippen LogP contribution in [0.3, 0.4) is 0 Å². The van der Waals surface area contributed by atoms with Crippen molar-refractivity contribution >= 4 is 28.6 Å². The molecule has 2 bridgehead atoms. The lowest BCUT2D eigenvalue weighted by molar-refractivity contribution is -0.141. The highest BCUT2D eigenvalue weighted by atomic mass is 32.2. The van der Waals surface area contributed by atoms with E-state index >= 15 is 0 Å². The molecule has 4 aliphatic rings.